The van der Waals surface area contributed by atoms with E-state index in [9.17, 15) is 0 Å². The molecule has 0 aliphatic heterocycles. The Morgan fingerprint density at radius 3 is 2.55 bits per heavy atom. The minimum absolute atomic E-state index is 0.305. The zero-order chi connectivity index (χ0) is 8.53. The van der Waals surface area contributed by atoms with Gasteiger partial charge in [0, 0.05) is 0 Å². The Morgan fingerprint density at radius 2 is 2.09 bits per heavy atom. The lowest BCUT2D eigenvalue weighted by Gasteiger charge is -2.00. The Morgan fingerprint density at radius 1 is 1.36 bits per heavy atom. The van der Waals surface area contributed by atoms with Crippen LogP contribution in [0.5, 0.6) is 0 Å². The third kappa shape index (κ3) is 5.59. The van der Waals surface area contributed by atoms with Crippen LogP contribution in [-0.2, 0) is 0 Å². The molecular weight excluding hydrogens is 134 g/mol. The smallest absolute Gasteiger partial charge is 0.0670 e. The number of hydrogen-bond acceptors (Lipinski definition) is 1. The van der Waals surface area contributed by atoms with Crippen molar-refractivity contribution in [3.05, 3.63) is 25.3 Å². The highest BCUT2D eigenvalue weighted by Crippen LogP contribution is 1.97. The van der Waals surface area contributed by atoms with E-state index < -0.39 is 0 Å². The second-order valence-electron chi connectivity index (χ2n) is 2.41. The standard InChI is InChI=1S/C10H17N/c1-4-7-8-9-11-10(5-2)6-3/h4-5,9-10H,1-2,6-8H2,3H3/b11-9+. The summed E-state index contributed by atoms with van der Waals surface area (Å²) in [5, 5.41) is 0. The van der Waals surface area contributed by atoms with Crippen molar-refractivity contribution in [2.24, 2.45) is 4.99 Å². The van der Waals surface area contributed by atoms with Crippen LogP contribution < -0.4 is 0 Å². The summed E-state index contributed by atoms with van der Waals surface area (Å²) in [6.07, 6.45) is 8.78. The summed E-state index contributed by atoms with van der Waals surface area (Å²) in [6, 6.07) is 0.305. The maximum Gasteiger partial charge on any atom is 0.0670 e. The van der Waals surface area contributed by atoms with E-state index in [1.54, 1.807) is 0 Å². The number of allylic oxidation sites excluding steroid dienone is 1. The highest BCUT2D eigenvalue weighted by molar-refractivity contribution is 5.57. The van der Waals surface area contributed by atoms with Gasteiger partial charge in [-0.05, 0) is 25.5 Å². The molecule has 0 aromatic carbocycles. The maximum atomic E-state index is 4.31. The Hall–Kier alpha value is -0.850. The lowest BCUT2D eigenvalue weighted by atomic mass is 10.2. The summed E-state index contributed by atoms with van der Waals surface area (Å²) >= 11 is 0. The minimum atomic E-state index is 0.305. The van der Waals surface area contributed by atoms with E-state index in [1.165, 1.54) is 0 Å². The van der Waals surface area contributed by atoms with E-state index in [2.05, 4.69) is 25.1 Å². The minimum Gasteiger partial charge on any atom is -0.290 e. The van der Waals surface area contributed by atoms with Crippen LogP contribution in [0.25, 0.3) is 0 Å². The first-order chi connectivity index (χ1) is 5.35. The van der Waals surface area contributed by atoms with Crippen molar-refractivity contribution in [3.63, 3.8) is 0 Å². The fourth-order valence-corrected chi connectivity index (χ4v) is 0.735. The molecule has 1 heteroatoms. The molecule has 0 spiro atoms. The van der Waals surface area contributed by atoms with E-state index >= 15 is 0 Å². The van der Waals surface area contributed by atoms with E-state index in [0.717, 1.165) is 19.3 Å². The average Bonchev–Trinajstić information content (AvgIpc) is 2.05. The molecule has 0 bridgehead atoms. The number of aliphatic imine (C=N–C) groups is 1. The Bertz CT molecular complexity index is 136. The van der Waals surface area contributed by atoms with Crippen LogP contribution >= 0.6 is 0 Å². The maximum absolute atomic E-state index is 4.31. The van der Waals surface area contributed by atoms with Gasteiger partial charge in [-0.3, -0.25) is 4.99 Å². The second-order valence-corrected chi connectivity index (χ2v) is 2.41. The molecule has 62 valence electrons. The van der Waals surface area contributed by atoms with Crippen molar-refractivity contribution < 1.29 is 0 Å². The predicted molar refractivity (Wildman–Crippen MR) is 52.2 cm³/mol. The Balaban J connectivity index is 3.52. The first kappa shape index (κ1) is 10.2. The van der Waals surface area contributed by atoms with Gasteiger partial charge in [-0.1, -0.05) is 19.1 Å². The average molecular weight is 151 g/mol. The summed E-state index contributed by atoms with van der Waals surface area (Å²) in [5.74, 6) is 0. The molecule has 0 aromatic rings. The van der Waals surface area contributed by atoms with Crippen LogP contribution in [0.1, 0.15) is 26.2 Å². The number of hydrogen-bond donors (Lipinski definition) is 0. The molecule has 0 fully saturated rings. The summed E-state index contributed by atoms with van der Waals surface area (Å²) in [5.41, 5.74) is 0. The van der Waals surface area contributed by atoms with E-state index in [-0.39, 0.29) is 0 Å². The van der Waals surface area contributed by atoms with Crippen molar-refractivity contribution in [2.75, 3.05) is 0 Å². The van der Waals surface area contributed by atoms with Crippen molar-refractivity contribution >= 4 is 6.21 Å². The van der Waals surface area contributed by atoms with Gasteiger partial charge in [0.1, 0.15) is 0 Å². The number of nitrogens with zero attached hydrogens (tertiary/aromatic N) is 1. The molecular formula is C10H17N. The van der Waals surface area contributed by atoms with Gasteiger partial charge in [-0.2, -0.15) is 0 Å². The van der Waals surface area contributed by atoms with Gasteiger partial charge in [0.05, 0.1) is 6.04 Å². The van der Waals surface area contributed by atoms with Crippen LogP contribution in [-0.4, -0.2) is 12.3 Å². The van der Waals surface area contributed by atoms with Crippen LogP contribution in [0.3, 0.4) is 0 Å². The molecule has 0 N–H and O–H groups in total. The lowest BCUT2D eigenvalue weighted by molar-refractivity contribution is 0.786. The number of rotatable bonds is 6. The topological polar surface area (TPSA) is 12.4 Å². The van der Waals surface area contributed by atoms with Gasteiger partial charge in [-0.25, -0.2) is 0 Å². The molecule has 0 amide bonds. The molecule has 0 aliphatic rings. The van der Waals surface area contributed by atoms with E-state index in [0.29, 0.717) is 6.04 Å². The second kappa shape index (κ2) is 7.26. The van der Waals surface area contributed by atoms with Gasteiger partial charge in [-0.15, -0.1) is 13.2 Å². The molecule has 1 nitrogen and oxygen atoms in total. The Labute approximate surface area is 69.5 Å². The third-order valence-corrected chi connectivity index (χ3v) is 1.49. The quantitative estimate of drug-likeness (QED) is 0.314. The van der Waals surface area contributed by atoms with Gasteiger partial charge < -0.3 is 0 Å². The molecule has 0 heterocycles. The van der Waals surface area contributed by atoms with Crippen LogP contribution in [0, 0.1) is 0 Å². The third-order valence-electron chi connectivity index (χ3n) is 1.49. The van der Waals surface area contributed by atoms with Crippen LogP contribution in [0.4, 0.5) is 0 Å². The van der Waals surface area contributed by atoms with Gasteiger partial charge in [0.25, 0.3) is 0 Å². The highest BCUT2D eigenvalue weighted by Gasteiger charge is 1.92. The summed E-state index contributed by atoms with van der Waals surface area (Å²) in [7, 11) is 0. The summed E-state index contributed by atoms with van der Waals surface area (Å²) < 4.78 is 0. The molecule has 0 radical (unpaired) electrons. The SMILES string of the molecule is C=CCC/C=N/C(C=C)CC. The van der Waals surface area contributed by atoms with Crippen LogP contribution in [0.15, 0.2) is 30.3 Å². The molecule has 0 aliphatic carbocycles. The largest absolute Gasteiger partial charge is 0.290 e. The summed E-state index contributed by atoms with van der Waals surface area (Å²) in [4.78, 5) is 4.31. The number of unbranched alkanes of at least 4 members (excludes halogenated alkanes) is 1. The Kier molecular flexibility index (Phi) is 6.70. The normalized spacial score (nSPS) is 13.2. The van der Waals surface area contributed by atoms with E-state index in [1.807, 2.05) is 18.4 Å². The molecule has 1 atom stereocenters. The molecule has 0 saturated heterocycles. The van der Waals surface area contributed by atoms with Crippen molar-refractivity contribution in [2.45, 2.75) is 32.2 Å². The van der Waals surface area contributed by atoms with Gasteiger partial charge in [0.2, 0.25) is 0 Å². The van der Waals surface area contributed by atoms with Gasteiger partial charge in [0.15, 0.2) is 0 Å². The van der Waals surface area contributed by atoms with Crippen molar-refractivity contribution in [1.82, 2.24) is 0 Å². The predicted octanol–water partition coefficient (Wildman–Crippen LogP) is 2.99. The first-order valence-electron chi connectivity index (χ1n) is 4.10. The van der Waals surface area contributed by atoms with Crippen molar-refractivity contribution in [3.8, 4) is 0 Å². The zero-order valence-corrected chi connectivity index (χ0v) is 7.29. The van der Waals surface area contributed by atoms with Gasteiger partial charge >= 0.3 is 0 Å². The van der Waals surface area contributed by atoms with Crippen molar-refractivity contribution in [1.29, 1.82) is 0 Å². The van der Waals surface area contributed by atoms with Crippen LogP contribution in [0.2, 0.25) is 0 Å². The zero-order valence-electron chi connectivity index (χ0n) is 7.29. The van der Waals surface area contributed by atoms with E-state index in [4.69, 9.17) is 0 Å². The lowest BCUT2D eigenvalue weighted by Crippen LogP contribution is -1.96. The monoisotopic (exact) mass is 151 g/mol. The molecule has 0 rings (SSSR count). The molecule has 0 saturated carbocycles. The first-order valence-corrected chi connectivity index (χ1v) is 4.10. The summed E-state index contributed by atoms with van der Waals surface area (Å²) in [6.45, 7) is 9.44. The molecule has 11 heavy (non-hydrogen) atoms. The molecule has 0 aromatic heterocycles. The highest BCUT2D eigenvalue weighted by atomic mass is 14.7. The fourth-order valence-electron chi connectivity index (χ4n) is 0.735. The fraction of sp³-hybridized carbons (Fsp3) is 0.500. The molecule has 1 unspecified atom stereocenters.